The summed E-state index contributed by atoms with van der Waals surface area (Å²) in [6.45, 7) is 9.31. The van der Waals surface area contributed by atoms with Gasteiger partial charge in [-0.3, -0.25) is 0 Å². The second-order valence-corrected chi connectivity index (χ2v) is 10.4. The summed E-state index contributed by atoms with van der Waals surface area (Å²) in [4.78, 5) is 13.4. The van der Waals surface area contributed by atoms with Gasteiger partial charge in [0, 0.05) is 6.54 Å². The number of carbonyl (C=O) groups is 1. The number of aliphatic hydroxyl groups is 1. The van der Waals surface area contributed by atoms with Gasteiger partial charge in [0.25, 0.3) is 0 Å². The summed E-state index contributed by atoms with van der Waals surface area (Å²) in [6.07, 6.45) is 0.0239. The molecule has 0 spiro atoms. The summed E-state index contributed by atoms with van der Waals surface area (Å²) >= 11 is 0. The van der Waals surface area contributed by atoms with Gasteiger partial charge in [-0.25, -0.2) is 4.79 Å². The molecule has 1 amide bonds. The molecule has 1 saturated heterocycles. The molecule has 1 heterocycles. The molecule has 1 N–H and O–H groups in total. The maximum absolute atomic E-state index is 11.7. The summed E-state index contributed by atoms with van der Waals surface area (Å²) in [5.74, 6) is 0. The van der Waals surface area contributed by atoms with E-state index in [2.05, 4.69) is 19.6 Å². The van der Waals surface area contributed by atoms with Crippen LogP contribution in [0.25, 0.3) is 0 Å². The number of ether oxygens (including phenoxy) is 1. The molecule has 0 bridgehead atoms. The molecule has 1 aliphatic rings. The lowest BCUT2D eigenvalue weighted by molar-refractivity contribution is 0.0967. The van der Waals surface area contributed by atoms with Crippen molar-refractivity contribution in [1.82, 2.24) is 4.90 Å². The highest BCUT2D eigenvalue weighted by atomic mass is 28.3. The first-order valence-corrected chi connectivity index (χ1v) is 9.07. The molecule has 4 nitrogen and oxygen atoms in total. The smallest absolute Gasteiger partial charge is 0.409 e. The minimum Gasteiger partial charge on any atom is -0.450 e. The third-order valence-electron chi connectivity index (χ3n) is 2.76. The van der Waals surface area contributed by atoms with Crippen LogP contribution in [0, 0.1) is 0 Å². The predicted octanol–water partition coefficient (Wildman–Crippen LogP) is 1.46. The fourth-order valence-electron chi connectivity index (χ4n) is 2.23. The summed E-state index contributed by atoms with van der Waals surface area (Å²) in [5.41, 5.74) is -0.00319. The summed E-state index contributed by atoms with van der Waals surface area (Å²) in [5, 5.41) is 9.90. The highest BCUT2D eigenvalue weighted by Crippen LogP contribution is 2.26. The minimum atomic E-state index is -1.57. The molecule has 0 saturated carbocycles. The number of nitrogens with zero attached hydrogens (tertiary/aromatic N) is 1. The van der Waals surface area contributed by atoms with Crippen LogP contribution in [0.5, 0.6) is 0 Å². The molecule has 1 fully saturated rings. The Morgan fingerprint density at radius 2 is 2.13 bits per heavy atom. The van der Waals surface area contributed by atoms with Gasteiger partial charge in [-0.1, -0.05) is 19.6 Å². The molecular weight excluding hydrogens is 210 g/mol. The van der Waals surface area contributed by atoms with E-state index < -0.39 is 8.07 Å². The van der Waals surface area contributed by atoms with Gasteiger partial charge in [-0.15, -0.1) is 0 Å². The molecule has 0 aromatic rings. The fourth-order valence-corrected chi connectivity index (χ4v) is 4.72. The third kappa shape index (κ3) is 2.72. The van der Waals surface area contributed by atoms with Crippen LogP contribution >= 0.6 is 0 Å². The molecule has 0 aromatic heterocycles. The van der Waals surface area contributed by atoms with Crippen molar-refractivity contribution >= 4 is 14.2 Å². The van der Waals surface area contributed by atoms with E-state index >= 15 is 0 Å². The predicted molar refractivity (Wildman–Crippen MR) is 61.5 cm³/mol. The molecule has 88 valence electrons. The highest BCUT2D eigenvalue weighted by Gasteiger charge is 2.44. The Morgan fingerprint density at radius 3 is 2.60 bits per heavy atom. The second-order valence-electron chi connectivity index (χ2n) is 5.06. The molecule has 1 rings (SSSR count). The van der Waals surface area contributed by atoms with Crippen molar-refractivity contribution in [3.05, 3.63) is 0 Å². The van der Waals surface area contributed by atoms with E-state index in [9.17, 15) is 9.90 Å². The zero-order chi connectivity index (χ0) is 11.6. The van der Waals surface area contributed by atoms with Gasteiger partial charge in [0.15, 0.2) is 0 Å². The first kappa shape index (κ1) is 12.5. The Bertz CT molecular complexity index is 239. The average molecular weight is 231 g/mol. The molecule has 0 aromatic carbocycles. The van der Waals surface area contributed by atoms with Gasteiger partial charge in [0.2, 0.25) is 0 Å². The Hall–Kier alpha value is -0.553. The maximum Gasteiger partial charge on any atom is 0.409 e. The molecular formula is C10H21NO3Si. The van der Waals surface area contributed by atoms with Gasteiger partial charge in [-0.05, 0) is 13.3 Å². The lowest BCUT2D eigenvalue weighted by atomic mass is 10.3. The number of amides is 1. The van der Waals surface area contributed by atoms with Crippen LogP contribution in [0.15, 0.2) is 0 Å². The van der Waals surface area contributed by atoms with Crippen molar-refractivity contribution in [2.24, 2.45) is 0 Å². The second kappa shape index (κ2) is 4.53. The number of carbonyl (C=O) groups excluding carboxylic acids is 1. The van der Waals surface area contributed by atoms with Crippen molar-refractivity contribution in [2.75, 3.05) is 13.2 Å². The van der Waals surface area contributed by atoms with Gasteiger partial charge >= 0.3 is 6.09 Å². The summed E-state index contributed by atoms with van der Waals surface area (Å²) in [6, 6.07) is 0. The zero-order valence-electron chi connectivity index (χ0n) is 9.99. The van der Waals surface area contributed by atoms with Crippen molar-refractivity contribution in [3.63, 3.8) is 0 Å². The van der Waals surface area contributed by atoms with Crippen LogP contribution in [0.4, 0.5) is 4.79 Å². The van der Waals surface area contributed by atoms with Gasteiger partial charge in [0.05, 0.1) is 26.4 Å². The van der Waals surface area contributed by atoms with Crippen molar-refractivity contribution in [1.29, 1.82) is 0 Å². The number of hydrogen-bond acceptors (Lipinski definition) is 3. The third-order valence-corrected chi connectivity index (χ3v) is 5.23. The normalized spacial score (nSPS) is 26.9. The van der Waals surface area contributed by atoms with Crippen LogP contribution in [0.3, 0.4) is 0 Å². The number of hydrogen-bond donors (Lipinski definition) is 1. The monoisotopic (exact) mass is 231 g/mol. The van der Waals surface area contributed by atoms with E-state index in [0.29, 0.717) is 19.6 Å². The topological polar surface area (TPSA) is 49.8 Å². The van der Waals surface area contributed by atoms with E-state index in [1.807, 2.05) is 0 Å². The zero-order valence-corrected chi connectivity index (χ0v) is 11.0. The standard InChI is InChI=1S/C10H21NO3Si/c1-5-14-10(13)11-7-6-8(12)9(11)15(2,3)4/h8-9,12H,5-7H2,1-4H3/t8-,9?/m1/s1. The summed E-state index contributed by atoms with van der Waals surface area (Å²) in [7, 11) is -1.57. The highest BCUT2D eigenvalue weighted by molar-refractivity contribution is 6.78. The Morgan fingerprint density at radius 1 is 1.53 bits per heavy atom. The minimum absolute atomic E-state index is 0.00319. The van der Waals surface area contributed by atoms with Crippen molar-refractivity contribution in [3.8, 4) is 0 Å². The quantitative estimate of drug-likeness (QED) is 0.732. The molecule has 0 aliphatic carbocycles. The summed E-state index contributed by atoms with van der Waals surface area (Å²) < 4.78 is 5.00. The first-order chi connectivity index (χ1) is 6.88. The largest absolute Gasteiger partial charge is 0.450 e. The molecule has 5 heteroatoms. The van der Waals surface area contributed by atoms with E-state index in [1.165, 1.54) is 0 Å². The fraction of sp³-hybridized carbons (Fsp3) is 0.900. The number of aliphatic hydroxyl groups excluding tert-OH is 1. The van der Waals surface area contributed by atoms with E-state index in [4.69, 9.17) is 4.74 Å². The van der Waals surface area contributed by atoms with E-state index in [-0.39, 0.29) is 17.9 Å². The Kier molecular flexibility index (Phi) is 3.78. The van der Waals surface area contributed by atoms with Crippen molar-refractivity contribution < 1.29 is 14.6 Å². The van der Waals surface area contributed by atoms with Gasteiger partial charge < -0.3 is 14.7 Å². The lowest BCUT2D eigenvalue weighted by Gasteiger charge is -2.34. The van der Waals surface area contributed by atoms with Gasteiger partial charge in [0.1, 0.15) is 0 Å². The van der Waals surface area contributed by atoms with Crippen molar-refractivity contribution in [2.45, 2.75) is 44.8 Å². The van der Waals surface area contributed by atoms with Crippen LogP contribution in [-0.4, -0.2) is 49.1 Å². The lowest BCUT2D eigenvalue weighted by Crippen LogP contribution is -2.54. The average Bonchev–Trinajstić information content (AvgIpc) is 2.46. The number of likely N-dealkylation sites (tertiary alicyclic amines) is 1. The van der Waals surface area contributed by atoms with Crippen LogP contribution in [0.2, 0.25) is 19.6 Å². The molecule has 1 unspecified atom stereocenters. The Balaban J connectivity index is 2.76. The molecule has 0 radical (unpaired) electrons. The molecule has 2 atom stereocenters. The molecule has 1 aliphatic heterocycles. The number of rotatable bonds is 2. The van der Waals surface area contributed by atoms with Crippen LogP contribution in [-0.2, 0) is 4.74 Å². The Labute approximate surface area is 92.2 Å². The van der Waals surface area contributed by atoms with Gasteiger partial charge in [-0.2, -0.15) is 0 Å². The first-order valence-electron chi connectivity index (χ1n) is 5.49. The molecule has 15 heavy (non-hydrogen) atoms. The van der Waals surface area contributed by atoms with E-state index in [1.54, 1.807) is 11.8 Å². The van der Waals surface area contributed by atoms with E-state index in [0.717, 1.165) is 0 Å². The maximum atomic E-state index is 11.7. The van der Waals surface area contributed by atoms with Crippen LogP contribution < -0.4 is 0 Å². The SMILES string of the molecule is CCOC(=O)N1CC[C@@H](O)C1[Si](C)(C)C. The van der Waals surface area contributed by atoms with Crippen LogP contribution in [0.1, 0.15) is 13.3 Å².